The van der Waals surface area contributed by atoms with Crippen molar-refractivity contribution in [3.63, 3.8) is 0 Å². The maximum atomic E-state index is 10.5. The summed E-state index contributed by atoms with van der Waals surface area (Å²) in [5, 5.41) is 18.7. The Kier molecular flexibility index (Phi) is 1.65. The van der Waals surface area contributed by atoms with Gasteiger partial charge >= 0.3 is 5.97 Å². The summed E-state index contributed by atoms with van der Waals surface area (Å²) >= 11 is 0. The van der Waals surface area contributed by atoms with Crippen molar-refractivity contribution < 1.29 is 15.0 Å². The zero-order chi connectivity index (χ0) is 8.77. The standard InChI is InChI=1S/C9H14O3/c10-8(11)5-9(12,6-1-2-6)7-3-4-7/h6-7,12H,1-5H2,(H,10,11). The Morgan fingerprint density at radius 2 is 1.67 bits per heavy atom. The molecule has 0 bridgehead atoms. The fraction of sp³-hybridized carbons (Fsp3) is 0.889. The van der Waals surface area contributed by atoms with Gasteiger partial charge in [-0.15, -0.1) is 0 Å². The number of hydrogen-bond acceptors (Lipinski definition) is 2. The van der Waals surface area contributed by atoms with E-state index in [1.54, 1.807) is 0 Å². The van der Waals surface area contributed by atoms with Gasteiger partial charge in [-0.1, -0.05) is 0 Å². The van der Waals surface area contributed by atoms with Crippen LogP contribution in [0.5, 0.6) is 0 Å². The molecule has 2 N–H and O–H groups in total. The molecule has 0 heterocycles. The van der Waals surface area contributed by atoms with E-state index in [1.807, 2.05) is 0 Å². The number of carboxylic acid groups (broad SMARTS) is 1. The zero-order valence-electron chi connectivity index (χ0n) is 6.99. The second-order valence-electron chi connectivity index (χ2n) is 4.11. The van der Waals surface area contributed by atoms with Crippen molar-refractivity contribution in [2.24, 2.45) is 11.8 Å². The molecule has 2 aliphatic rings. The summed E-state index contributed by atoms with van der Waals surface area (Å²) in [6.45, 7) is 0. The van der Waals surface area contributed by atoms with Crippen LogP contribution in [0.15, 0.2) is 0 Å². The highest BCUT2D eigenvalue weighted by Gasteiger charge is 2.54. The summed E-state index contributed by atoms with van der Waals surface area (Å²) in [5.41, 5.74) is -0.855. The molecular formula is C9H14O3. The third kappa shape index (κ3) is 1.33. The number of rotatable bonds is 4. The fourth-order valence-electron chi connectivity index (χ4n) is 2.03. The number of aliphatic carboxylic acids is 1. The normalized spacial score (nSPS) is 24.1. The van der Waals surface area contributed by atoms with Crippen molar-refractivity contribution in [3.05, 3.63) is 0 Å². The minimum atomic E-state index is -0.865. The van der Waals surface area contributed by atoms with Crippen molar-refractivity contribution >= 4 is 5.97 Å². The summed E-state index contributed by atoms with van der Waals surface area (Å²) in [5.74, 6) is -0.307. The molecule has 68 valence electrons. The molecule has 0 aromatic carbocycles. The van der Waals surface area contributed by atoms with Crippen molar-refractivity contribution in [3.8, 4) is 0 Å². The fourth-order valence-corrected chi connectivity index (χ4v) is 2.03. The molecule has 0 aromatic heterocycles. The molecule has 0 unspecified atom stereocenters. The predicted molar refractivity (Wildman–Crippen MR) is 42.7 cm³/mol. The van der Waals surface area contributed by atoms with Gasteiger partial charge in [0.25, 0.3) is 0 Å². The van der Waals surface area contributed by atoms with Crippen molar-refractivity contribution in [2.45, 2.75) is 37.7 Å². The minimum absolute atomic E-state index is 0.0532. The van der Waals surface area contributed by atoms with E-state index in [0.29, 0.717) is 0 Å². The molecule has 0 radical (unpaired) electrons. The lowest BCUT2D eigenvalue weighted by molar-refractivity contribution is -0.144. The predicted octanol–water partition coefficient (Wildman–Crippen LogP) is 1.01. The molecule has 12 heavy (non-hydrogen) atoms. The molecule has 2 rings (SSSR count). The monoisotopic (exact) mass is 170 g/mol. The van der Waals surface area contributed by atoms with Crippen LogP contribution in [0.25, 0.3) is 0 Å². The summed E-state index contributed by atoms with van der Waals surface area (Å²) in [4.78, 5) is 10.5. The van der Waals surface area contributed by atoms with Gasteiger partial charge in [0.15, 0.2) is 0 Å². The van der Waals surface area contributed by atoms with Gasteiger partial charge in [-0.3, -0.25) is 4.79 Å². The van der Waals surface area contributed by atoms with Crippen LogP contribution in [0.4, 0.5) is 0 Å². The maximum Gasteiger partial charge on any atom is 0.306 e. The zero-order valence-corrected chi connectivity index (χ0v) is 6.99. The van der Waals surface area contributed by atoms with Crippen molar-refractivity contribution in [1.82, 2.24) is 0 Å². The van der Waals surface area contributed by atoms with E-state index in [1.165, 1.54) is 0 Å². The van der Waals surface area contributed by atoms with Gasteiger partial charge in [0.05, 0.1) is 12.0 Å². The first-order valence-electron chi connectivity index (χ1n) is 4.57. The van der Waals surface area contributed by atoms with Gasteiger partial charge in [-0.05, 0) is 37.5 Å². The Labute approximate surface area is 71.4 Å². The van der Waals surface area contributed by atoms with Crippen LogP contribution < -0.4 is 0 Å². The number of carboxylic acids is 1. The van der Waals surface area contributed by atoms with Crippen LogP contribution in [-0.4, -0.2) is 21.8 Å². The summed E-state index contributed by atoms with van der Waals surface area (Å²) < 4.78 is 0. The molecule has 0 saturated heterocycles. The summed E-state index contributed by atoms with van der Waals surface area (Å²) in [6.07, 6.45) is 4.00. The Bertz CT molecular complexity index is 192. The lowest BCUT2D eigenvalue weighted by Gasteiger charge is -2.25. The summed E-state index contributed by atoms with van der Waals surface area (Å²) in [7, 11) is 0. The highest BCUT2D eigenvalue weighted by Crippen LogP contribution is 2.53. The third-order valence-corrected chi connectivity index (χ3v) is 3.00. The highest BCUT2D eigenvalue weighted by atomic mass is 16.4. The van der Waals surface area contributed by atoms with Gasteiger partial charge < -0.3 is 10.2 Å². The van der Waals surface area contributed by atoms with E-state index in [4.69, 9.17) is 5.11 Å². The molecule has 3 nitrogen and oxygen atoms in total. The Hall–Kier alpha value is -0.570. The van der Waals surface area contributed by atoms with Crippen molar-refractivity contribution in [1.29, 1.82) is 0 Å². The molecule has 0 aromatic rings. The minimum Gasteiger partial charge on any atom is -0.481 e. The van der Waals surface area contributed by atoms with Gasteiger partial charge in [-0.25, -0.2) is 0 Å². The molecule has 0 amide bonds. The van der Waals surface area contributed by atoms with Crippen molar-refractivity contribution in [2.75, 3.05) is 0 Å². The first-order chi connectivity index (χ1) is 5.63. The van der Waals surface area contributed by atoms with E-state index in [0.717, 1.165) is 25.7 Å². The molecule has 0 aliphatic heterocycles. The van der Waals surface area contributed by atoms with Crippen LogP contribution in [0, 0.1) is 11.8 Å². The number of aliphatic hydroxyl groups is 1. The average Bonchev–Trinajstić information content (AvgIpc) is 2.82. The van der Waals surface area contributed by atoms with Crippen LogP contribution in [-0.2, 0) is 4.79 Å². The average molecular weight is 170 g/mol. The molecule has 2 aliphatic carbocycles. The Morgan fingerprint density at radius 1 is 1.25 bits per heavy atom. The van der Waals surface area contributed by atoms with Crippen LogP contribution >= 0.6 is 0 Å². The Morgan fingerprint density at radius 3 is 1.92 bits per heavy atom. The Balaban J connectivity index is 2.03. The van der Waals surface area contributed by atoms with Gasteiger partial charge in [0.2, 0.25) is 0 Å². The van der Waals surface area contributed by atoms with Gasteiger partial charge in [-0.2, -0.15) is 0 Å². The summed E-state index contributed by atoms with van der Waals surface area (Å²) in [6, 6.07) is 0. The molecule has 2 saturated carbocycles. The quantitative estimate of drug-likeness (QED) is 0.662. The van der Waals surface area contributed by atoms with E-state index in [-0.39, 0.29) is 18.3 Å². The van der Waals surface area contributed by atoms with E-state index in [2.05, 4.69) is 0 Å². The van der Waals surface area contributed by atoms with Gasteiger partial charge in [0, 0.05) is 0 Å². The van der Waals surface area contributed by atoms with Gasteiger partial charge in [0.1, 0.15) is 0 Å². The SMILES string of the molecule is O=C(O)CC(O)(C1CC1)C1CC1. The van der Waals surface area contributed by atoms with Crippen LogP contribution in [0.1, 0.15) is 32.1 Å². The smallest absolute Gasteiger partial charge is 0.306 e. The third-order valence-electron chi connectivity index (χ3n) is 3.00. The first-order valence-corrected chi connectivity index (χ1v) is 4.57. The lowest BCUT2D eigenvalue weighted by atomic mass is 9.88. The molecule has 2 fully saturated rings. The molecule has 0 atom stereocenters. The van der Waals surface area contributed by atoms with E-state index < -0.39 is 11.6 Å². The molecular weight excluding hydrogens is 156 g/mol. The highest BCUT2D eigenvalue weighted by molar-refractivity contribution is 5.68. The van der Waals surface area contributed by atoms with E-state index in [9.17, 15) is 9.90 Å². The number of carbonyl (C=O) groups is 1. The topological polar surface area (TPSA) is 57.5 Å². The molecule has 0 spiro atoms. The largest absolute Gasteiger partial charge is 0.481 e. The second-order valence-corrected chi connectivity index (χ2v) is 4.11. The van der Waals surface area contributed by atoms with E-state index >= 15 is 0 Å². The van der Waals surface area contributed by atoms with Crippen LogP contribution in [0.3, 0.4) is 0 Å². The maximum absolute atomic E-state index is 10.5. The van der Waals surface area contributed by atoms with Crippen LogP contribution in [0.2, 0.25) is 0 Å². The first kappa shape index (κ1) is 8.05. The second kappa shape index (κ2) is 2.46. The molecule has 3 heteroatoms. The lowest BCUT2D eigenvalue weighted by Crippen LogP contribution is -2.36. The number of hydrogen-bond donors (Lipinski definition) is 2.